The summed E-state index contributed by atoms with van der Waals surface area (Å²) in [7, 11) is 0. The van der Waals surface area contributed by atoms with Crippen LogP contribution >= 0.6 is 0 Å². The van der Waals surface area contributed by atoms with Crippen LogP contribution in [0.25, 0.3) is 0 Å². The number of hydrogen-bond donors (Lipinski definition) is 1. The van der Waals surface area contributed by atoms with Crippen molar-refractivity contribution in [3.8, 4) is 0 Å². The summed E-state index contributed by atoms with van der Waals surface area (Å²) in [5, 5.41) is 19.6. The van der Waals surface area contributed by atoms with Gasteiger partial charge in [-0.25, -0.2) is 0 Å². The van der Waals surface area contributed by atoms with Crippen molar-refractivity contribution in [2.75, 3.05) is 6.54 Å². The third kappa shape index (κ3) is 19.9. The molecule has 0 radical (unpaired) electrons. The van der Waals surface area contributed by atoms with Crippen molar-refractivity contribution in [2.45, 2.75) is 84.0 Å². The molecule has 0 spiro atoms. The Balaban J connectivity index is 0. The second-order valence-electron chi connectivity index (χ2n) is 5.39. The molecular formula is C16H30NNaO3. The fraction of sp³-hybridized carbons (Fsp3) is 0.875. The Kier molecular flexibility index (Phi) is 19.9. The number of carboxylic acid groups (broad SMARTS) is 1. The molecule has 4 nitrogen and oxygen atoms in total. The summed E-state index contributed by atoms with van der Waals surface area (Å²) in [6.07, 6.45) is 14.1. The third-order valence-corrected chi connectivity index (χ3v) is 3.38. The van der Waals surface area contributed by atoms with E-state index in [1.807, 2.05) is 0 Å². The van der Waals surface area contributed by atoms with Crippen LogP contribution in [0.1, 0.15) is 84.0 Å². The number of unbranched alkanes of at least 4 members (excludes halogenated alkanes) is 10. The van der Waals surface area contributed by atoms with E-state index in [-0.39, 0.29) is 35.5 Å². The van der Waals surface area contributed by atoms with Gasteiger partial charge in [-0.2, -0.15) is 0 Å². The normalized spacial score (nSPS) is 11.2. The molecule has 0 fully saturated rings. The minimum atomic E-state index is -1.04. The second kappa shape index (κ2) is 18.0. The first-order valence-electron chi connectivity index (χ1n) is 8.09. The van der Waals surface area contributed by atoms with Crippen molar-refractivity contribution < 1.29 is 44.6 Å². The predicted molar refractivity (Wildman–Crippen MR) is 81.0 cm³/mol. The van der Waals surface area contributed by atoms with Crippen molar-refractivity contribution in [3.63, 3.8) is 0 Å². The molecule has 0 atom stereocenters. The van der Waals surface area contributed by atoms with Crippen LogP contribution in [0, 0.1) is 0 Å². The minimum Gasteiger partial charge on any atom is -0.862 e. The summed E-state index contributed by atoms with van der Waals surface area (Å²) in [4.78, 5) is 13.7. The zero-order valence-corrected chi connectivity index (χ0v) is 15.9. The van der Waals surface area contributed by atoms with E-state index in [0.717, 1.165) is 12.8 Å². The quantitative estimate of drug-likeness (QED) is 0.220. The molecule has 21 heavy (non-hydrogen) atoms. The molecule has 118 valence electrons. The topological polar surface area (TPSA) is 72.7 Å². The number of aliphatic imine (C=N–C) groups is 1. The van der Waals surface area contributed by atoms with Gasteiger partial charge in [-0.1, -0.05) is 71.1 Å². The van der Waals surface area contributed by atoms with Gasteiger partial charge in [0.2, 0.25) is 0 Å². The van der Waals surface area contributed by atoms with Gasteiger partial charge in [-0.15, -0.1) is 0 Å². The van der Waals surface area contributed by atoms with Crippen LogP contribution in [0.3, 0.4) is 0 Å². The van der Waals surface area contributed by atoms with Gasteiger partial charge in [0.1, 0.15) is 6.54 Å². The Labute approximate surface area is 151 Å². The van der Waals surface area contributed by atoms with Gasteiger partial charge in [-0.05, 0) is 18.7 Å². The molecule has 1 N–H and O–H groups in total. The molecule has 5 heteroatoms. The van der Waals surface area contributed by atoms with E-state index in [4.69, 9.17) is 5.11 Å². The standard InChI is InChI=1S/C16H31NO3.Na/c1-2-3-4-5-6-7-8-9-10-11-12-13-15(18)17-14-16(19)20;/h2-14H2,1H3,(H,17,18)(H,19,20);/q;+1/p-1. The van der Waals surface area contributed by atoms with E-state index in [9.17, 15) is 9.90 Å². The van der Waals surface area contributed by atoms with Gasteiger partial charge in [0.15, 0.2) is 0 Å². The summed E-state index contributed by atoms with van der Waals surface area (Å²) in [6.45, 7) is 1.84. The summed E-state index contributed by atoms with van der Waals surface area (Å²) < 4.78 is 0. The summed E-state index contributed by atoms with van der Waals surface area (Å²) in [5.41, 5.74) is 0. The molecule has 0 aromatic heterocycles. The van der Waals surface area contributed by atoms with Crippen LogP contribution < -0.4 is 34.7 Å². The van der Waals surface area contributed by atoms with E-state index in [1.165, 1.54) is 57.8 Å². The number of nitrogens with zero attached hydrogens (tertiary/aromatic N) is 1. The molecule has 0 saturated carbocycles. The maximum absolute atomic E-state index is 11.2. The molecule has 0 bridgehead atoms. The molecule has 0 saturated heterocycles. The van der Waals surface area contributed by atoms with Crippen molar-refractivity contribution in [3.05, 3.63) is 0 Å². The SMILES string of the molecule is CCCCCCCCCCCCCC([O-])=NCC(=O)O.[Na+]. The van der Waals surface area contributed by atoms with Crippen molar-refractivity contribution in [1.29, 1.82) is 0 Å². The molecule has 0 amide bonds. The van der Waals surface area contributed by atoms with E-state index in [1.54, 1.807) is 0 Å². The van der Waals surface area contributed by atoms with Gasteiger partial charge >= 0.3 is 35.5 Å². The Morgan fingerprint density at radius 1 is 0.905 bits per heavy atom. The number of carbonyl (C=O) groups is 1. The van der Waals surface area contributed by atoms with Crippen molar-refractivity contribution >= 4 is 11.9 Å². The number of hydrogen-bond acceptors (Lipinski definition) is 3. The second-order valence-corrected chi connectivity index (χ2v) is 5.39. The van der Waals surface area contributed by atoms with E-state index in [2.05, 4.69) is 11.9 Å². The monoisotopic (exact) mass is 307 g/mol. The number of carboxylic acids is 1. The van der Waals surface area contributed by atoms with Crippen molar-refractivity contribution in [1.82, 2.24) is 0 Å². The molecule has 0 unspecified atom stereocenters. The van der Waals surface area contributed by atoms with Crippen LogP contribution in [0.4, 0.5) is 0 Å². The van der Waals surface area contributed by atoms with Crippen LogP contribution in [0.2, 0.25) is 0 Å². The predicted octanol–water partition coefficient (Wildman–Crippen LogP) is 0.535. The molecular weight excluding hydrogens is 277 g/mol. The third-order valence-electron chi connectivity index (χ3n) is 3.38. The first-order chi connectivity index (χ1) is 9.66. The summed E-state index contributed by atoms with van der Waals surface area (Å²) in [6, 6.07) is 0. The zero-order chi connectivity index (χ0) is 15.1. The average molecular weight is 307 g/mol. The molecule has 0 rings (SSSR count). The number of rotatable bonds is 14. The number of aliphatic carboxylic acids is 1. The van der Waals surface area contributed by atoms with Gasteiger partial charge < -0.3 is 10.2 Å². The average Bonchev–Trinajstić information content (AvgIpc) is 2.42. The molecule has 0 aliphatic rings. The molecule has 0 aromatic carbocycles. The minimum absolute atomic E-state index is 0. The van der Waals surface area contributed by atoms with Crippen LogP contribution in [0.5, 0.6) is 0 Å². The van der Waals surface area contributed by atoms with Crippen LogP contribution in [0.15, 0.2) is 4.99 Å². The van der Waals surface area contributed by atoms with E-state index in [0.29, 0.717) is 6.42 Å². The van der Waals surface area contributed by atoms with E-state index >= 15 is 0 Å². The smallest absolute Gasteiger partial charge is 0.862 e. The Bertz CT molecular complexity index is 270. The van der Waals surface area contributed by atoms with Gasteiger partial charge in [-0.3, -0.25) is 9.79 Å². The van der Waals surface area contributed by atoms with Crippen LogP contribution in [-0.4, -0.2) is 23.5 Å². The maximum atomic E-state index is 11.2. The van der Waals surface area contributed by atoms with Gasteiger partial charge in [0, 0.05) is 0 Å². The first-order valence-corrected chi connectivity index (χ1v) is 8.09. The summed E-state index contributed by atoms with van der Waals surface area (Å²) >= 11 is 0. The Morgan fingerprint density at radius 2 is 1.33 bits per heavy atom. The molecule has 0 aliphatic heterocycles. The molecule has 0 aliphatic carbocycles. The fourth-order valence-corrected chi connectivity index (χ4v) is 2.18. The Morgan fingerprint density at radius 3 is 1.76 bits per heavy atom. The molecule has 0 heterocycles. The first kappa shape index (κ1) is 23.2. The van der Waals surface area contributed by atoms with Crippen molar-refractivity contribution in [2.24, 2.45) is 4.99 Å². The fourth-order valence-electron chi connectivity index (χ4n) is 2.18. The zero-order valence-electron chi connectivity index (χ0n) is 13.9. The Hall–Kier alpha value is -0.0600. The van der Waals surface area contributed by atoms with Gasteiger partial charge in [0.05, 0.1) is 0 Å². The van der Waals surface area contributed by atoms with Gasteiger partial charge in [0.25, 0.3) is 0 Å². The maximum Gasteiger partial charge on any atom is 1.00 e. The van der Waals surface area contributed by atoms with E-state index < -0.39 is 12.5 Å². The summed E-state index contributed by atoms with van der Waals surface area (Å²) in [5.74, 6) is -1.32. The largest absolute Gasteiger partial charge is 1.00 e. The van der Waals surface area contributed by atoms with Crippen LogP contribution in [-0.2, 0) is 4.79 Å². The molecule has 0 aromatic rings.